The quantitative estimate of drug-likeness (QED) is 0.308. The number of halogens is 1. The lowest BCUT2D eigenvalue weighted by atomic mass is 10.1. The van der Waals surface area contributed by atoms with Crippen LogP contribution < -0.4 is 10.6 Å². The fourth-order valence-electron chi connectivity index (χ4n) is 2.23. The Bertz CT molecular complexity index is 613. The van der Waals surface area contributed by atoms with Crippen molar-refractivity contribution in [2.24, 2.45) is 4.99 Å². The molecule has 1 aromatic heterocycles. The number of nitrogens with one attached hydrogen (secondary N) is 2. The minimum absolute atomic E-state index is 0. The van der Waals surface area contributed by atoms with E-state index in [4.69, 9.17) is 4.74 Å². The zero-order chi connectivity index (χ0) is 15.6. The molecule has 1 heterocycles. The van der Waals surface area contributed by atoms with Gasteiger partial charge in [-0.2, -0.15) is 0 Å². The van der Waals surface area contributed by atoms with Gasteiger partial charge in [-0.1, -0.05) is 18.2 Å². The van der Waals surface area contributed by atoms with Crippen LogP contribution in [0, 0.1) is 0 Å². The van der Waals surface area contributed by atoms with Crippen LogP contribution in [0.4, 0.5) is 0 Å². The summed E-state index contributed by atoms with van der Waals surface area (Å²) in [5.41, 5.74) is 2.23. The van der Waals surface area contributed by atoms with E-state index in [1.165, 1.54) is 10.9 Å². The van der Waals surface area contributed by atoms with Gasteiger partial charge in [0.25, 0.3) is 0 Å². The van der Waals surface area contributed by atoms with Gasteiger partial charge in [0.15, 0.2) is 5.96 Å². The highest BCUT2D eigenvalue weighted by Crippen LogP contribution is 2.15. The normalized spacial score (nSPS) is 11.1. The molecule has 0 fully saturated rings. The molecule has 0 saturated heterocycles. The summed E-state index contributed by atoms with van der Waals surface area (Å²) in [6.45, 7) is 5.11. The number of nitrogens with zero attached hydrogens (tertiary/aromatic N) is 2. The van der Waals surface area contributed by atoms with Gasteiger partial charge >= 0.3 is 0 Å². The van der Waals surface area contributed by atoms with Gasteiger partial charge < -0.3 is 15.4 Å². The molecule has 0 aliphatic heterocycles. The predicted molar refractivity (Wildman–Crippen MR) is 106 cm³/mol. The Morgan fingerprint density at radius 2 is 2.04 bits per heavy atom. The molecule has 2 aromatic rings. The summed E-state index contributed by atoms with van der Waals surface area (Å²) in [5, 5.41) is 7.80. The van der Waals surface area contributed by atoms with E-state index in [1.54, 1.807) is 7.05 Å². The molecule has 0 aliphatic carbocycles. The number of hydrogen-bond donors (Lipinski definition) is 2. The molecule has 5 nitrogen and oxygen atoms in total. The minimum atomic E-state index is 0. The lowest BCUT2D eigenvalue weighted by Crippen LogP contribution is -2.37. The summed E-state index contributed by atoms with van der Waals surface area (Å²) in [6, 6.07) is 10.2. The van der Waals surface area contributed by atoms with E-state index in [0.717, 1.165) is 37.7 Å². The molecule has 1 aromatic carbocycles. The lowest BCUT2D eigenvalue weighted by molar-refractivity contribution is 0.145. The van der Waals surface area contributed by atoms with Crippen LogP contribution in [0.5, 0.6) is 0 Å². The standard InChI is InChI=1S/C17H24N4O.HI/c1-3-22-12-6-10-20-17(18-2)21-13-14-9-11-19-16-8-5-4-7-15(14)16;/h4-5,7-9,11H,3,6,10,12-13H2,1-2H3,(H2,18,20,21);1H. The molecule has 0 saturated carbocycles. The van der Waals surface area contributed by atoms with E-state index >= 15 is 0 Å². The zero-order valence-electron chi connectivity index (χ0n) is 13.7. The first-order valence-electron chi connectivity index (χ1n) is 7.70. The summed E-state index contributed by atoms with van der Waals surface area (Å²) in [6.07, 6.45) is 2.81. The van der Waals surface area contributed by atoms with E-state index in [-0.39, 0.29) is 24.0 Å². The lowest BCUT2D eigenvalue weighted by Gasteiger charge is -2.13. The first-order chi connectivity index (χ1) is 10.8. The van der Waals surface area contributed by atoms with Gasteiger partial charge in [-0.3, -0.25) is 9.98 Å². The second kappa shape index (κ2) is 11.2. The number of hydrogen-bond acceptors (Lipinski definition) is 3. The molecule has 2 rings (SSSR count). The van der Waals surface area contributed by atoms with Gasteiger partial charge in [0.1, 0.15) is 0 Å². The smallest absolute Gasteiger partial charge is 0.191 e. The van der Waals surface area contributed by atoms with Gasteiger partial charge in [-0.05, 0) is 31.0 Å². The van der Waals surface area contributed by atoms with Crippen LogP contribution in [-0.4, -0.2) is 37.7 Å². The minimum Gasteiger partial charge on any atom is -0.382 e. The number of guanidine groups is 1. The fraction of sp³-hybridized carbons (Fsp3) is 0.412. The number of fused-ring (bicyclic) bond motifs is 1. The summed E-state index contributed by atoms with van der Waals surface area (Å²) >= 11 is 0. The van der Waals surface area contributed by atoms with Crippen molar-refractivity contribution in [1.82, 2.24) is 15.6 Å². The average Bonchev–Trinajstić information content (AvgIpc) is 2.57. The van der Waals surface area contributed by atoms with Crippen LogP contribution in [0.3, 0.4) is 0 Å². The van der Waals surface area contributed by atoms with Crippen molar-refractivity contribution in [2.45, 2.75) is 19.9 Å². The molecule has 23 heavy (non-hydrogen) atoms. The molecule has 0 unspecified atom stereocenters. The Kier molecular flexibility index (Phi) is 9.54. The Hall–Kier alpha value is -1.41. The van der Waals surface area contributed by atoms with Crippen molar-refractivity contribution < 1.29 is 4.74 Å². The maximum absolute atomic E-state index is 5.32. The molecule has 0 spiro atoms. The van der Waals surface area contributed by atoms with Crippen LogP contribution >= 0.6 is 24.0 Å². The topological polar surface area (TPSA) is 58.5 Å². The van der Waals surface area contributed by atoms with Crippen molar-refractivity contribution in [3.8, 4) is 0 Å². The number of aliphatic imine (C=N–C) groups is 1. The number of rotatable bonds is 7. The van der Waals surface area contributed by atoms with E-state index in [2.05, 4.69) is 26.7 Å². The number of aromatic nitrogens is 1. The number of para-hydroxylation sites is 1. The first kappa shape index (κ1) is 19.6. The van der Waals surface area contributed by atoms with Crippen molar-refractivity contribution >= 4 is 40.8 Å². The highest BCUT2D eigenvalue weighted by Gasteiger charge is 2.02. The second-order valence-corrected chi connectivity index (χ2v) is 4.89. The molecule has 0 amide bonds. The SMILES string of the molecule is CCOCCCNC(=NC)NCc1ccnc2ccccc12.I. The molecular weight excluding hydrogens is 403 g/mol. The van der Waals surface area contributed by atoms with E-state index in [9.17, 15) is 0 Å². The Morgan fingerprint density at radius 1 is 1.22 bits per heavy atom. The summed E-state index contributed by atoms with van der Waals surface area (Å²) < 4.78 is 5.32. The monoisotopic (exact) mass is 428 g/mol. The third-order valence-corrected chi connectivity index (χ3v) is 3.37. The second-order valence-electron chi connectivity index (χ2n) is 4.89. The zero-order valence-corrected chi connectivity index (χ0v) is 16.0. The highest BCUT2D eigenvalue weighted by molar-refractivity contribution is 14.0. The maximum Gasteiger partial charge on any atom is 0.191 e. The Balaban J connectivity index is 0.00000264. The summed E-state index contributed by atoms with van der Waals surface area (Å²) in [5.74, 6) is 0.803. The van der Waals surface area contributed by atoms with Crippen LogP contribution in [0.1, 0.15) is 18.9 Å². The van der Waals surface area contributed by atoms with Gasteiger partial charge in [0, 0.05) is 44.9 Å². The van der Waals surface area contributed by atoms with Gasteiger partial charge in [-0.15, -0.1) is 24.0 Å². The molecule has 2 N–H and O–H groups in total. The van der Waals surface area contributed by atoms with E-state index < -0.39 is 0 Å². The fourth-order valence-corrected chi connectivity index (χ4v) is 2.23. The van der Waals surface area contributed by atoms with Crippen LogP contribution in [0.25, 0.3) is 10.9 Å². The largest absolute Gasteiger partial charge is 0.382 e. The first-order valence-corrected chi connectivity index (χ1v) is 7.70. The maximum atomic E-state index is 5.32. The van der Waals surface area contributed by atoms with Gasteiger partial charge in [-0.25, -0.2) is 0 Å². The Morgan fingerprint density at radius 3 is 2.83 bits per heavy atom. The van der Waals surface area contributed by atoms with Crippen LogP contribution in [0.2, 0.25) is 0 Å². The molecular formula is C17H25IN4O. The predicted octanol–water partition coefficient (Wildman–Crippen LogP) is 2.94. The van der Waals surface area contributed by atoms with Crippen molar-refractivity contribution in [2.75, 3.05) is 26.8 Å². The van der Waals surface area contributed by atoms with Crippen LogP contribution in [0.15, 0.2) is 41.5 Å². The van der Waals surface area contributed by atoms with Gasteiger partial charge in [0.2, 0.25) is 0 Å². The number of benzene rings is 1. The molecule has 0 atom stereocenters. The summed E-state index contributed by atoms with van der Waals surface area (Å²) in [7, 11) is 1.78. The third kappa shape index (κ3) is 6.31. The van der Waals surface area contributed by atoms with Gasteiger partial charge in [0.05, 0.1) is 5.52 Å². The van der Waals surface area contributed by atoms with Crippen LogP contribution in [-0.2, 0) is 11.3 Å². The molecule has 0 bridgehead atoms. The van der Waals surface area contributed by atoms with Crippen molar-refractivity contribution in [1.29, 1.82) is 0 Å². The molecule has 126 valence electrons. The number of pyridine rings is 1. The summed E-state index contributed by atoms with van der Waals surface area (Å²) in [4.78, 5) is 8.62. The van der Waals surface area contributed by atoms with Crippen molar-refractivity contribution in [3.63, 3.8) is 0 Å². The molecule has 0 aliphatic rings. The van der Waals surface area contributed by atoms with Crippen molar-refractivity contribution in [3.05, 3.63) is 42.1 Å². The Labute approximate surface area is 155 Å². The molecule has 0 radical (unpaired) electrons. The third-order valence-electron chi connectivity index (χ3n) is 3.37. The number of ether oxygens (including phenoxy) is 1. The van der Waals surface area contributed by atoms with E-state index in [1.807, 2.05) is 37.4 Å². The highest BCUT2D eigenvalue weighted by atomic mass is 127. The molecule has 6 heteroatoms. The average molecular weight is 428 g/mol. The van der Waals surface area contributed by atoms with E-state index in [0.29, 0.717) is 6.54 Å².